The third-order valence-electron chi connectivity index (χ3n) is 10.7. The fraction of sp³-hybridized carbons (Fsp3) is 0.691. The van der Waals surface area contributed by atoms with Crippen molar-refractivity contribution < 1.29 is 43.3 Å². The maximum atomic E-state index is 12.6. The fourth-order valence-corrected chi connectivity index (χ4v) is 8.11. The number of aliphatic carboxylic acids is 1. The summed E-state index contributed by atoms with van der Waals surface area (Å²) in [7, 11) is 1.33. The lowest BCUT2D eigenvalue weighted by Gasteiger charge is -2.29. The zero-order valence-electron chi connectivity index (χ0n) is 44.2. The third-order valence-corrected chi connectivity index (χ3v) is 11.0. The number of nitrogens with one attached hydrogen (secondary N) is 1. The molecule has 0 saturated carbocycles. The molecule has 2 rings (SSSR count). The number of halogens is 1. The van der Waals surface area contributed by atoms with Crippen molar-refractivity contribution in [3.05, 3.63) is 65.2 Å². The minimum atomic E-state index is -0.764. The third kappa shape index (κ3) is 31.1. The molecule has 0 spiro atoms. The van der Waals surface area contributed by atoms with Gasteiger partial charge in [-0.15, -0.1) is 0 Å². The predicted molar refractivity (Wildman–Crippen MR) is 270 cm³/mol. The van der Waals surface area contributed by atoms with Gasteiger partial charge in [0.2, 0.25) is 5.24 Å². The Hall–Kier alpha value is -3.92. The van der Waals surface area contributed by atoms with Crippen LogP contribution in [0.5, 0.6) is 5.75 Å². The molecule has 2 N–H and O–H groups in total. The van der Waals surface area contributed by atoms with E-state index in [4.69, 9.17) is 30.9 Å². The first-order valence-corrected chi connectivity index (χ1v) is 24.3. The Bertz CT molecular complexity index is 1750. The summed E-state index contributed by atoms with van der Waals surface area (Å²) in [6.45, 7) is 35.3. The van der Waals surface area contributed by atoms with Gasteiger partial charge in [-0.3, -0.25) is 19.2 Å². The molecule has 66 heavy (non-hydrogen) atoms. The van der Waals surface area contributed by atoms with Crippen LogP contribution in [0, 0.1) is 53.3 Å². The zero-order chi connectivity index (χ0) is 51.2. The number of hydrogen-bond acceptors (Lipinski definition) is 8. The van der Waals surface area contributed by atoms with Gasteiger partial charge in [-0.2, -0.15) is 0 Å². The number of rotatable bonds is 21. The number of carbonyl (C=O) groups excluding carboxylic acids is 4. The molecule has 3 unspecified atom stereocenters. The SMILES string of the molecule is CC(CCC(C(=O)Cl)C(C)CC(C)(C)C)CC(C)(C)C.COC(=O)[C@H](CCCNC(=O)OC(C)(C)C)CC(=O)[C@@H](C)Cc1ccc(C)cc1.C[C@@H](Cc1ccc(OC(C)(C)C)cc1)C(=O)O. The minimum absolute atomic E-state index is 0.0123. The van der Waals surface area contributed by atoms with Crippen molar-refractivity contribution in [3.8, 4) is 5.75 Å². The Morgan fingerprint density at radius 3 is 1.62 bits per heavy atom. The van der Waals surface area contributed by atoms with Crippen LogP contribution in [0.3, 0.4) is 0 Å². The molecule has 376 valence electrons. The molecule has 0 aromatic heterocycles. The van der Waals surface area contributed by atoms with Gasteiger partial charge in [0.15, 0.2) is 0 Å². The van der Waals surface area contributed by atoms with E-state index < -0.39 is 29.6 Å². The average Bonchev–Trinajstić information content (AvgIpc) is 3.15. The monoisotopic (exact) mass is 944 g/mol. The van der Waals surface area contributed by atoms with E-state index in [1.54, 1.807) is 27.7 Å². The van der Waals surface area contributed by atoms with Crippen LogP contribution in [0.2, 0.25) is 0 Å². The molecular formula is C55H90ClNO9. The van der Waals surface area contributed by atoms with Crippen LogP contribution in [0.15, 0.2) is 48.5 Å². The summed E-state index contributed by atoms with van der Waals surface area (Å²) in [5, 5.41) is 11.3. The smallest absolute Gasteiger partial charge is 0.407 e. The van der Waals surface area contributed by atoms with Crippen LogP contribution in [-0.4, -0.2) is 59.0 Å². The number of ether oxygens (including phenoxy) is 3. The number of methoxy groups -OCH3 is 1. The number of ketones is 1. The van der Waals surface area contributed by atoms with Gasteiger partial charge < -0.3 is 24.6 Å². The number of carboxylic acids is 1. The van der Waals surface area contributed by atoms with Crippen LogP contribution in [0.1, 0.15) is 172 Å². The molecule has 2 aromatic carbocycles. The number of alkyl carbamates (subject to hydrolysis) is 1. The van der Waals surface area contributed by atoms with E-state index >= 15 is 0 Å². The quantitative estimate of drug-likeness (QED) is 0.0709. The molecule has 0 bridgehead atoms. The van der Waals surface area contributed by atoms with Crippen molar-refractivity contribution in [1.29, 1.82) is 0 Å². The highest BCUT2D eigenvalue weighted by molar-refractivity contribution is 6.64. The number of aryl methyl sites for hydroxylation is 1. The Morgan fingerprint density at radius 1 is 0.682 bits per heavy atom. The highest BCUT2D eigenvalue weighted by Gasteiger charge is 2.29. The van der Waals surface area contributed by atoms with Gasteiger partial charge in [-0.1, -0.05) is 111 Å². The second-order valence-electron chi connectivity index (χ2n) is 23.0. The highest BCUT2D eigenvalue weighted by Crippen LogP contribution is 2.34. The summed E-state index contributed by atoms with van der Waals surface area (Å²) in [5.41, 5.74) is 3.14. The summed E-state index contributed by atoms with van der Waals surface area (Å²) >= 11 is 5.85. The van der Waals surface area contributed by atoms with Gasteiger partial charge >= 0.3 is 18.0 Å². The minimum Gasteiger partial charge on any atom is -0.488 e. The Balaban J connectivity index is 0.00000100. The first-order valence-electron chi connectivity index (χ1n) is 23.9. The van der Waals surface area contributed by atoms with E-state index in [0.717, 1.165) is 36.1 Å². The molecule has 0 fully saturated rings. The summed E-state index contributed by atoms with van der Waals surface area (Å²) in [4.78, 5) is 58.9. The molecule has 2 aromatic rings. The van der Waals surface area contributed by atoms with Gasteiger partial charge in [0.05, 0.1) is 18.9 Å². The van der Waals surface area contributed by atoms with Crippen molar-refractivity contribution in [2.24, 2.45) is 46.3 Å². The summed E-state index contributed by atoms with van der Waals surface area (Å²) in [6, 6.07) is 15.7. The van der Waals surface area contributed by atoms with Crippen LogP contribution < -0.4 is 10.1 Å². The van der Waals surface area contributed by atoms with Crippen molar-refractivity contribution in [2.45, 2.75) is 187 Å². The first kappa shape index (κ1) is 62.1. The molecule has 1 amide bonds. The van der Waals surface area contributed by atoms with E-state index in [0.29, 0.717) is 49.5 Å². The van der Waals surface area contributed by atoms with Gasteiger partial charge in [-0.25, -0.2) is 4.79 Å². The fourth-order valence-electron chi connectivity index (χ4n) is 7.79. The van der Waals surface area contributed by atoms with E-state index in [2.05, 4.69) is 60.7 Å². The number of esters is 1. The number of carboxylic acid groups (broad SMARTS) is 1. The second kappa shape index (κ2) is 29.1. The van der Waals surface area contributed by atoms with Crippen molar-refractivity contribution in [1.82, 2.24) is 5.32 Å². The lowest BCUT2D eigenvalue weighted by molar-refractivity contribution is -0.147. The van der Waals surface area contributed by atoms with Crippen molar-refractivity contribution >= 4 is 40.7 Å². The first-order chi connectivity index (χ1) is 30.1. The number of carbonyl (C=O) groups is 5. The van der Waals surface area contributed by atoms with Crippen molar-refractivity contribution in [3.63, 3.8) is 0 Å². The van der Waals surface area contributed by atoms with Crippen molar-refractivity contribution in [2.75, 3.05) is 13.7 Å². The van der Waals surface area contributed by atoms with Crippen LogP contribution in [0.4, 0.5) is 4.79 Å². The molecule has 0 aliphatic heterocycles. The lowest BCUT2D eigenvalue weighted by atomic mass is 9.76. The molecule has 0 aliphatic carbocycles. The lowest BCUT2D eigenvalue weighted by Crippen LogP contribution is -2.33. The maximum absolute atomic E-state index is 12.6. The molecular weight excluding hydrogens is 854 g/mol. The molecule has 6 atom stereocenters. The Kier molecular flexibility index (Phi) is 27.3. The zero-order valence-corrected chi connectivity index (χ0v) is 45.0. The predicted octanol–water partition coefficient (Wildman–Crippen LogP) is 13.6. The average molecular weight is 945 g/mol. The van der Waals surface area contributed by atoms with Gasteiger partial charge in [0.1, 0.15) is 22.7 Å². The van der Waals surface area contributed by atoms with Crippen LogP contribution in [0.25, 0.3) is 0 Å². The summed E-state index contributed by atoms with van der Waals surface area (Å²) < 4.78 is 15.7. The van der Waals surface area contributed by atoms with E-state index in [-0.39, 0.29) is 46.2 Å². The van der Waals surface area contributed by atoms with E-state index in [1.807, 2.05) is 83.1 Å². The van der Waals surface area contributed by atoms with E-state index in [9.17, 15) is 24.0 Å². The molecule has 11 heteroatoms. The van der Waals surface area contributed by atoms with Gasteiger partial charge in [0, 0.05) is 24.8 Å². The summed E-state index contributed by atoms with van der Waals surface area (Å²) in [5.74, 6) is -0.318. The van der Waals surface area contributed by atoms with Crippen LogP contribution >= 0.6 is 11.6 Å². The van der Waals surface area contributed by atoms with E-state index in [1.165, 1.54) is 19.1 Å². The molecule has 0 heterocycles. The number of benzene rings is 2. The Labute approximate surface area is 405 Å². The normalized spacial score (nSPS) is 14.6. The molecule has 10 nitrogen and oxygen atoms in total. The number of Topliss-reactive ketones (excluding diaryl/α,β-unsaturated/α-hetero) is 1. The number of hydrogen-bond donors (Lipinski definition) is 2. The number of amides is 1. The van der Waals surface area contributed by atoms with Gasteiger partial charge in [-0.05, 0) is 157 Å². The molecule has 0 saturated heterocycles. The van der Waals surface area contributed by atoms with Crippen LogP contribution in [-0.2, 0) is 41.5 Å². The highest BCUT2D eigenvalue weighted by atomic mass is 35.5. The topological polar surface area (TPSA) is 145 Å². The maximum Gasteiger partial charge on any atom is 0.407 e. The molecule has 0 radical (unpaired) electrons. The standard InChI is InChI=1S/C23H35NO5.C18H35ClO.C14H20O3/c1-16-9-11-18(12-10-16)14-17(2)20(25)15-19(21(26)28-6)8-7-13-24-22(27)29-23(3,4)5;1-13(11-17(3,4)5)9-10-15(16(19)20)14(2)12-18(6,7)8;1-10(13(15)16)9-11-5-7-12(8-6-11)17-14(2,3)4/h9-12,17,19H,7-8,13-15H2,1-6H3,(H,24,27);13-15H,9-12H2,1-8H3;5-8,10H,9H2,1-4H3,(H,15,16)/t17-,19+;;10-/m0.0/s1. The largest absolute Gasteiger partial charge is 0.488 e. The summed E-state index contributed by atoms with van der Waals surface area (Å²) in [6.07, 6.45) is 6.13. The Morgan fingerprint density at radius 2 is 1.18 bits per heavy atom. The van der Waals surface area contributed by atoms with Gasteiger partial charge in [0.25, 0.3) is 0 Å². The molecule has 0 aliphatic rings. The second-order valence-corrected chi connectivity index (χ2v) is 23.3.